The van der Waals surface area contributed by atoms with Crippen molar-refractivity contribution in [1.29, 1.82) is 0 Å². The molecule has 2 N–H and O–H groups in total. The number of aliphatic hydroxyl groups is 1. The summed E-state index contributed by atoms with van der Waals surface area (Å²) < 4.78 is 0. The second kappa shape index (κ2) is 6.68. The summed E-state index contributed by atoms with van der Waals surface area (Å²) in [4.78, 5) is 29.4. The van der Waals surface area contributed by atoms with Crippen LogP contribution in [0.3, 0.4) is 0 Å². The minimum absolute atomic E-state index is 0.0496. The lowest BCUT2D eigenvalue weighted by Gasteiger charge is -2.19. The summed E-state index contributed by atoms with van der Waals surface area (Å²) in [6.07, 6.45) is 3.71. The number of hydrogen-bond donors (Lipinski definition) is 2. The predicted molar refractivity (Wildman–Crippen MR) is 71.7 cm³/mol. The fraction of sp³-hybridized carbons (Fsp3) is 0.357. The fourth-order valence-corrected chi connectivity index (χ4v) is 1.97. The first kappa shape index (κ1) is 14.0. The average molecular weight is 273 g/mol. The number of hydrogen-bond acceptors (Lipinski definition) is 4. The van der Waals surface area contributed by atoms with Crippen molar-refractivity contribution in [3.8, 4) is 11.8 Å². The van der Waals surface area contributed by atoms with Gasteiger partial charge in [0.05, 0.1) is 17.7 Å². The maximum atomic E-state index is 12.5. The minimum Gasteiger partial charge on any atom is -0.384 e. The summed E-state index contributed by atoms with van der Waals surface area (Å²) >= 11 is 0. The molecule has 1 aromatic rings. The molecule has 1 fully saturated rings. The number of carbonyl (C=O) groups is 2. The lowest BCUT2D eigenvalue weighted by Crippen LogP contribution is -2.37. The number of pyridine rings is 1. The zero-order valence-electron chi connectivity index (χ0n) is 10.9. The maximum absolute atomic E-state index is 12.5. The molecular formula is C14H15N3O3. The van der Waals surface area contributed by atoms with Crippen molar-refractivity contribution in [3.63, 3.8) is 0 Å². The zero-order valence-corrected chi connectivity index (χ0v) is 10.9. The fourth-order valence-electron chi connectivity index (χ4n) is 1.97. The van der Waals surface area contributed by atoms with E-state index in [1.165, 1.54) is 17.3 Å². The highest BCUT2D eigenvalue weighted by Crippen LogP contribution is 2.11. The highest BCUT2D eigenvalue weighted by molar-refractivity contribution is 5.98. The Balaban J connectivity index is 2.26. The Bertz CT molecular complexity index is 575. The number of aliphatic hydroxyl groups excluding tert-OH is 1. The predicted octanol–water partition coefficient (Wildman–Crippen LogP) is -0.613. The summed E-state index contributed by atoms with van der Waals surface area (Å²) in [5, 5.41) is 11.5. The summed E-state index contributed by atoms with van der Waals surface area (Å²) in [6.45, 7) is 0.867. The van der Waals surface area contributed by atoms with Crippen LogP contribution < -0.4 is 5.32 Å². The third-order valence-corrected chi connectivity index (χ3v) is 2.90. The lowest BCUT2D eigenvalue weighted by molar-refractivity contribution is -0.121. The van der Waals surface area contributed by atoms with E-state index in [0.29, 0.717) is 24.2 Å². The van der Waals surface area contributed by atoms with Crippen LogP contribution in [0.5, 0.6) is 0 Å². The van der Waals surface area contributed by atoms with E-state index in [0.717, 1.165) is 6.42 Å². The number of rotatable bonds is 1. The van der Waals surface area contributed by atoms with Gasteiger partial charge in [0.1, 0.15) is 6.61 Å². The zero-order chi connectivity index (χ0) is 14.4. The largest absolute Gasteiger partial charge is 0.384 e. The quantitative estimate of drug-likeness (QED) is 0.669. The SMILES string of the molecule is O=C1CN(C(=O)c2ccncc2C#CCO)CCCN1. The molecule has 0 aliphatic carbocycles. The molecule has 1 aliphatic rings. The molecule has 0 atom stereocenters. The van der Waals surface area contributed by atoms with Gasteiger partial charge >= 0.3 is 0 Å². The van der Waals surface area contributed by atoms with Crippen LogP contribution in [-0.4, -0.2) is 53.0 Å². The van der Waals surface area contributed by atoms with E-state index in [1.807, 2.05) is 0 Å². The van der Waals surface area contributed by atoms with E-state index in [-0.39, 0.29) is 25.0 Å². The maximum Gasteiger partial charge on any atom is 0.255 e. The second-order valence-corrected chi connectivity index (χ2v) is 4.31. The van der Waals surface area contributed by atoms with E-state index >= 15 is 0 Å². The Morgan fingerprint density at radius 1 is 1.55 bits per heavy atom. The summed E-state index contributed by atoms with van der Waals surface area (Å²) in [5.41, 5.74) is 0.854. The normalized spacial score (nSPS) is 14.8. The van der Waals surface area contributed by atoms with Crippen LogP contribution in [0, 0.1) is 11.8 Å². The summed E-state index contributed by atoms with van der Waals surface area (Å²) in [5.74, 6) is 4.80. The Kier molecular flexibility index (Phi) is 4.69. The van der Waals surface area contributed by atoms with Crippen molar-refractivity contribution in [3.05, 3.63) is 29.6 Å². The Morgan fingerprint density at radius 3 is 3.20 bits per heavy atom. The molecule has 2 rings (SSSR count). The minimum atomic E-state index is -0.283. The number of carbonyl (C=O) groups excluding carboxylic acids is 2. The van der Waals surface area contributed by atoms with Gasteiger partial charge in [-0.3, -0.25) is 14.6 Å². The number of aromatic nitrogens is 1. The molecule has 0 saturated carbocycles. The number of nitrogens with zero attached hydrogens (tertiary/aromatic N) is 2. The van der Waals surface area contributed by atoms with Gasteiger partial charge in [0.25, 0.3) is 5.91 Å². The third-order valence-electron chi connectivity index (χ3n) is 2.90. The number of nitrogens with one attached hydrogen (secondary N) is 1. The second-order valence-electron chi connectivity index (χ2n) is 4.31. The van der Waals surface area contributed by atoms with Crippen molar-refractivity contribution < 1.29 is 14.7 Å². The monoisotopic (exact) mass is 273 g/mol. The van der Waals surface area contributed by atoms with Crippen molar-refractivity contribution in [2.45, 2.75) is 6.42 Å². The van der Waals surface area contributed by atoms with Crippen LogP contribution in [0.4, 0.5) is 0 Å². The van der Waals surface area contributed by atoms with Crippen LogP contribution in [0.15, 0.2) is 18.5 Å². The highest BCUT2D eigenvalue weighted by atomic mass is 16.2. The van der Waals surface area contributed by atoms with Crippen molar-refractivity contribution in [2.24, 2.45) is 0 Å². The molecule has 2 amide bonds. The third kappa shape index (κ3) is 3.33. The Labute approximate surface area is 116 Å². The summed E-state index contributed by atoms with van der Waals surface area (Å²) in [7, 11) is 0. The van der Waals surface area contributed by atoms with Crippen LogP contribution in [0.25, 0.3) is 0 Å². The van der Waals surface area contributed by atoms with E-state index in [1.54, 1.807) is 6.07 Å². The van der Waals surface area contributed by atoms with Gasteiger partial charge in [-0.1, -0.05) is 11.8 Å². The molecule has 0 unspecified atom stereocenters. The van der Waals surface area contributed by atoms with Gasteiger partial charge in [-0.05, 0) is 12.5 Å². The van der Waals surface area contributed by atoms with Gasteiger partial charge < -0.3 is 15.3 Å². The molecule has 0 aromatic carbocycles. The first-order valence-electron chi connectivity index (χ1n) is 6.32. The lowest BCUT2D eigenvalue weighted by atomic mass is 10.1. The average Bonchev–Trinajstić information content (AvgIpc) is 2.69. The van der Waals surface area contributed by atoms with Crippen molar-refractivity contribution >= 4 is 11.8 Å². The first-order valence-corrected chi connectivity index (χ1v) is 6.32. The molecule has 0 bridgehead atoms. The van der Waals surface area contributed by atoms with Crippen LogP contribution in [0.1, 0.15) is 22.3 Å². The van der Waals surface area contributed by atoms with Gasteiger partial charge in [-0.2, -0.15) is 0 Å². The van der Waals surface area contributed by atoms with Crippen LogP contribution >= 0.6 is 0 Å². The van der Waals surface area contributed by atoms with E-state index < -0.39 is 0 Å². The van der Waals surface area contributed by atoms with Crippen molar-refractivity contribution in [2.75, 3.05) is 26.2 Å². The topological polar surface area (TPSA) is 82.5 Å². The molecule has 0 radical (unpaired) electrons. The Morgan fingerprint density at radius 2 is 2.40 bits per heavy atom. The van der Waals surface area contributed by atoms with Gasteiger partial charge in [0, 0.05) is 25.5 Å². The van der Waals surface area contributed by atoms with E-state index in [4.69, 9.17) is 5.11 Å². The highest BCUT2D eigenvalue weighted by Gasteiger charge is 2.22. The molecule has 1 saturated heterocycles. The molecule has 2 heterocycles. The Hall–Kier alpha value is -2.39. The number of amides is 2. The van der Waals surface area contributed by atoms with Gasteiger partial charge in [0.2, 0.25) is 5.91 Å². The van der Waals surface area contributed by atoms with Gasteiger partial charge in [-0.15, -0.1) is 0 Å². The van der Waals surface area contributed by atoms with Crippen LogP contribution in [0.2, 0.25) is 0 Å². The van der Waals surface area contributed by atoms with E-state index in [2.05, 4.69) is 22.1 Å². The van der Waals surface area contributed by atoms with Crippen LogP contribution in [-0.2, 0) is 4.79 Å². The molecule has 104 valence electrons. The molecular weight excluding hydrogens is 258 g/mol. The molecule has 20 heavy (non-hydrogen) atoms. The van der Waals surface area contributed by atoms with Gasteiger partial charge in [0.15, 0.2) is 0 Å². The molecule has 0 spiro atoms. The van der Waals surface area contributed by atoms with E-state index in [9.17, 15) is 9.59 Å². The summed E-state index contributed by atoms with van der Waals surface area (Å²) in [6, 6.07) is 1.58. The van der Waals surface area contributed by atoms with Gasteiger partial charge in [-0.25, -0.2) is 0 Å². The smallest absolute Gasteiger partial charge is 0.255 e. The standard InChI is InChI=1S/C14H15N3O3/c18-8-1-3-11-9-15-6-4-12(11)14(20)17-7-2-5-16-13(19)10-17/h4,6,9,18H,2,5,7-8,10H2,(H,16,19). The molecule has 6 nitrogen and oxygen atoms in total. The molecule has 6 heteroatoms. The molecule has 1 aromatic heterocycles. The molecule has 1 aliphatic heterocycles. The first-order chi connectivity index (χ1) is 9.72. The van der Waals surface area contributed by atoms with Crippen molar-refractivity contribution in [1.82, 2.24) is 15.2 Å².